The molecule has 2 amide bonds. The number of rotatable bonds is 7. The lowest BCUT2D eigenvalue weighted by atomic mass is 10.1. The Morgan fingerprint density at radius 2 is 2.07 bits per heavy atom. The van der Waals surface area contributed by atoms with Crippen molar-refractivity contribution in [2.24, 2.45) is 0 Å². The zero-order valence-corrected chi connectivity index (χ0v) is 16.6. The molecule has 1 N–H and O–H groups in total. The molecule has 156 valence electrons. The van der Waals surface area contributed by atoms with E-state index < -0.39 is 11.7 Å². The van der Waals surface area contributed by atoms with Crippen LogP contribution in [0, 0.1) is 5.82 Å². The summed E-state index contributed by atoms with van der Waals surface area (Å²) in [7, 11) is 1.62. The van der Waals surface area contributed by atoms with Crippen molar-refractivity contribution in [3.63, 3.8) is 0 Å². The van der Waals surface area contributed by atoms with Crippen molar-refractivity contribution in [2.45, 2.75) is 19.4 Å². The Balaban J connectivity index is 1.66. The molecule has 2 aromatic heterocycles. The van der Waals surface area contributed by atoms with Crippen molar-refractivity contribution in [2.75, 3.05) is 32.1 Å². The number of pyridine rings is 1. The van der Waals surface area contributed by atoms with E-state index in [2.05, 4.69) is 15.3 Å². The molecule has 1 aliphatic rings. The number of amides is 2. The summed E-state index contributed by atoms with van der Waals surface area (Å²) in [5.41, 5.74) is 1.72. The minimum absolute atomic E-state index is 0.0741. The van der Waals surface area contributed by atoms with Crippen LogP contribution in [0.25, 0.3) is 11.2 Å². The quantitative estimate of drug-likeness (QED) is 0.604. The van der Waals surface area contributed by atoms with Crippen LogP contribution < -0.4 is 5.32 Å². The van der Waals surface area contributed by atoms with Gasteiger partial charge in [0.2, 0.25) is 5.95 Å². The van der Waals surface area contributed by atoms with Crippen LogP contribution in [-0.4, -0.2) is 58.1 Å². The van der Waals surface area contributed by atoms with Crippen LogP contribution in [0.5, 0.6) is 0 Å². The molecule has 1 aromatic carbocycles. The molecule has 0 saturated carbocycles. The predicted molar refractivity (Wildman–Crippen MR) is 109 cm³/mol. The predicted octanol–water partition coefficient (Wildman–Crippen LogP) is 2.71. The lowest BCUT2D eigenvalue weighted by Gasteiger charge is -2.30. The maximum atomic E-state index is 13.5. The Morgan fingerprint density at radius 3 is 2.77 bits per heavy atom. The molecule has 0 atom stereocenters. The van der Waals surface area contributed by atoms with Crippen molar-refractivity contribution in [3.8, 4) is 0 Å². The third-order valence-electron chi connectivity index (χ3n) is 5.02. The van der Waals surface area contributed by atoms with Gasteiger partial charge in [-0.1, -0.05) is 6.07 Å². The van der Waals surface area contributed by atoms with E-state index in [4.69, 9.17) is 4.74 Å². The minimum Gasteiger partial charge on any atom is -0.385 e. The molecule has 3 heterocycles. The molecule has 0 spiro atoms. The number of ether oxygens (including phenoxy) is 1. The van der Waals surface area contributed by atoms with Crippen LogP contribution in [0.1, 0.15) is 33.6 Å². The summed E-state index contributed by atoms with van der Waals surface area (Å²) in [5.74, 6) is -0.756. The fourth-order valence-electron chi connectivity index (χ4n) is 3.31. The van der Waals surface area contributed by atoms with Gasteiger partial charge in [-0.25, -0.2) is 14.4 Å². The summed E-state index contributed by atoms with van der Waals surface area (Å²) in [6.07, 6.45) is 3.22. The number of nitrogens with one attached hydrogen (secondary N) is 1. The van der Waals surface area contributed by atoms with Crippen LogP contribution in [0.3, 0.4) is 0 Å². The van der Waals surface area contributed by atoms with Crippen molar-refractivity contribution in [3.05, 3.63) is 53.5 Å². The number of hydrogen-bond acceptors (Lipinski definition) is 5. The molecular formula is C21H22FN5O3. The molecule has 1 fully saturated rings. The molecule has 3 aromatic rings. The molecule has 0 bridgehead atoms. The van der Waals surface area contributed by atoms with E-state index in [1.54, 1.807) is 22.6 Å². The average molecular weight is 411 g/mol. The Bertz CT molecular complexity index is 1090. The van der Waals surface area contributed by atoms with Gasteiger partial charge < -0.3 is 9.64 Å². The highest BCUT2D eigenvalue weighted by Crippen LogP contribution is 2.22. The summed E-state index contributed by atoms with van der Waals surface area (Å²) in [6.45, 7) is 2.53. The van der Waals surface area contributed by atoms with E-state index in [9.17, 15) is 14.0 Å². The monoisotopic (exact) mass is 411 g/mol. The normalized spacial score (nSPS) is 13.3. The summed E-state index contributed by atoms with van der Waals surface area (Å²) >= 11 is 0. The van der Waals surface area contributed by atoms with Gasteiger partial charge in [0.05, 0.1) is 5.56 Å². The van der Waals surface area contributed by atoms with Crippen LogP contribution in [0.2, 0.25) is 0 Å². The van der Waals surface area contributed by atoms with Crippen molar-refractivity contribution >= 4 is 28.9 Å². The third-order valence-corrected chi connectivity index (χ3v) is 5.02. The molecule has 0 aliphatic carbocycles. The van der Waals surface area contributed by atoms with Gasteiger partial charge in [-0.05, 0) is 37.1 Å². The SMILES string of the molecule is COCCCn1c(NC(=O)c2cccc(F)c2)nc2cc(C(=O)N3CCC3)cnc21. The molecule has 0 radical (unpaired) electrons. The van der Waals surface area contributed by atoms with E-state index in [1.807, 2.05) is 0 Å². The topological polar surface area (TPSA) is 89.3 Å². The number of benzene rings is 1. The molecule has 4 rings (SSSR count). The number of imidazole rings is 1. The zero-order valence-electron chi connectivity index (χ0n) is 16.6. The maximum Gasteiger partial charge on any atom is 0.258 e. The number of aryl methyl sites for hydroxylation is 1. The highest BCUT2D eigenvalue weighted by Gasteiger charge is 2.23. The second-order valence-corrected chi connectivity index (χ2v) is 7.11. The Kier molecular flexibility index (Phi) is 5.71. The number of hydrogen-bond donors (Lipinski definition) is 1. The molecule has 9 heteroatoms. The third kappa shape index (κ3) is 4.02. The second-order valence-electron chi connectivity index (χ2n) is 7.11. The summed E-state index contributed by atoms with van der Waals surface area (Å²) < 4.78 is 20.4. The fraction of sp³-hybridized carbons (Fsp3) is 0.333. The number of likely N-dealkylation sites (tertiary alicyclic amines) is 1. The van der Waals surface area contributed by atoms with E-state index in [0.717, 1.165) is 25.6 Å². The Labute approximate surface area is 172 Å². The summed E-state index contributed by atoms with van der Waals surface area (Å²) in [4.78, 5) is 35.8. The first kappa shape index (κ1) is 20.0. The second kappa shape index (κ2) is 8.58. The van der Waals surface area contributed by atoms with Gasteiger partial charge >= 0.3 is 0 Å². The number of nitrogens with zero attached hydrogens (tertiary/aromatic N) is 4. The average Bonchev–Trinajstić information content (AvgIpc) is 3.03. The van der Waals surface area contributed by atoms with Gasteiger partial charge in [0.15, 0.2) is 5.65 Å². The molecule has 0 unspecified atom stereocenters. The first-order valence-electron chi connectivity index (χ1n) is 9.78. The molecule has 30 heavy (non-hydrogen) atoms. The van der Waals surface area contributed by atoms with Crippen molar-refractivity contribution < 1.29 is 18.7 Å². The fourth-order valence-corrected chi connectivity index (χ4v) is 3.31. The highest BCUT2D eigenvalue weighted by molar-refractivity contribution is 6.04. The van der Waals surface area contributed by atoms with Crippen molar-refractivity contribution in [1.82, 2.24) is 19.4 Å². The van der Waals surface area contributed by atoms with Crippen LogP contribution >= 0.6 is 0 Å². The summed E-state index contributed by atoms with van der Waals surface area (Å²) in [5, 5.41) is 2.73. The number of methoxy groups -OCH3 is 1. The van der Waals surface area contributed by atoms with Crippen LogP contribution in [-0.2, 0) is 11.3 Å². The van der Waals surface area contributed by atoms with Crippen LogP contribution in [0.15, 0.2) is 36.5 Å². The number of carbonyl (C=O) groups is 2. The minimum atomic E-state index is -0.493. The molecule has 8 nitrogen and oxygen atoms in total. The summed E-state index contributed by atoms with van der Waals surface area (Å²) in [6, 6.07) is 7.12. The smallest absolute Gasteiger partial charge is 0.258 e. The zero-order chi connectivity index (χ0) is 21.1. The van der Waals surface area contributed by atoms with Gasteiger partial charge in [0, 0.05) is 45.1 Å². The van der Waals surface area contributed by atoms with E-state index in [0.29, 0.717) is 36.3 Å². The van der Waals surface area contributed by atoms with Gasteiger partial charge in [-0.15, -0.1) is 0 Å². The highest BCUT2D eigenvalue weighted by atomic mass is 19.1. The van der Waals surface area contributed by atoms with Gasteiger partial charge in [-0.2, -0.15) is 0 Å². The van der Waals surface area contributed by atoms with Crippen LogP contribution in [0.4, 0.5) is 10.3 Å². The Morgan fingerprint density at radius 1 is 1.23 bits per heavy atom. The van der Waals surface area contributed by atoms with Gasteiger partial charge in [0.25, 0.3) is 11.8 Å². The Hall–Kier alpha value is -3.33. The number of carbonyl (C=O) groups excluding carboxylic acids is 2. The first-order chi connectivity index (χ1) is 14.6. The van der Waals surface area contributed by atoms with E-state index in [1.165, 1.54) is 24.4 Å². The van der Waals surface area contributed by atoms with E-state index >= 15 is 0 Å². The number of halogens is 1. The lowest BCUT2D eigenvalue weighted by molar-refractivity contribution is 0.0651. The maximum absolute atomic E-state index is 13.5. The standard InChI is InChI=1S/C21H22FN5O3/c1-30-10-4-9-27-18-17(12-15(13-23-18)20(29)26-7-3-8-26)24-21(27)25-19(28)14-5-2-6-16(22)11-14/h2,5-6,11-13H,3-4,7-10H2,1H3,(H,24,25,28). The molecular weight excluding hydrogens is 389 g/mol. The molecule has 1 saturated heterocycles. The van der Waals surface area contributed by atoms with Gasteiger partial charge in [-0.3, -0.25) is 19.5 Å². The first-order valence-corrected chi connectivity index (χ1v) is 9.78. The lowest BCUT2D eigenvalue weighted by Crippen LogP contribution is -2.42. The van der Waals surface area contributed by atoms with E-state index in [-0.39, 0.29) is 17.4 Å². The number of fused-ring (bicyclic) bond motifs is 1. The van der Waals surface area contributed by atoms with Crippen molar-refractivity contribution in [1.29, 1.82) is 0 Å². The number of aromatic nitrogens is 3. The number of anilines is 1. The largest absolute Gasteiger partial charge is 0.385 e. The van der Waals surface area contributed by atoms with Gasteiger partial charge in [0.1, 0.15) is 11.3 Å². The molecule has 1 aliphatic heterocycles.